The van der Waals surface area contributed by atoms with E-state index < -0.39 is 12.1 Å². The fourth-order valence-corrected chi connectivity index (χ4v) is 3.57. The molecule has 25 heavy (non-hydrogen) atoms. The third kappa shape index (κ3) is 4.25. The Morgan fingerprint density at radius 1 is 0.960 bits per heavy atom. The van der Waals surface area contributed by atoms with Crippen molar-refractivity contribution in [3.8, 4) is 0 Å². The number of primary amides is 1. The van der Waals surface area contributed by atoms with Crippen molar-refractivity contribution in [2.24, 2.45) is 5.73 Å². The Morgan fingerprint density at radius 2 is 1.52 bits per heavy atom. The van der Waals surface area contributed by atoms with E-state index in [9.17, 15) is 9.59 Å². The second-order valence-corrected chi connectivity index (χ2v) is 6.39. The van der Waals surface area contributed by atoms with Crippen LogP contribution in [0, 0.1) is 0 Å². The highest BCUT2D eigenvalue weighted by Crippen LogP contribution is 2.32. The molecule has 1 fully saturated rings. The first-order valence-electron chi connectivity index (χ1n) is 8.59. The molecular formula is C20H23N3O2. The maximum absolute atomic E-state index is 12.6. The van der Waals surface area contributed by atoms with Gasteiger partial charge in [-0.25, -0.2) is 4.79 Å². The minimum Gasteiger partial charge on any atom is -0.351 e. The maximum atomic E-state index is 12.6. The first kappa shape index (κ1) is 17.2. The van der Waals surface area contributed by atoms with Crippen LogP contribution in [0.25, 0.3) is 0 Å². The molecule has 3 rings (SSSR count). The highest BCUT2D eigenvalue weighted by molar-refractivity contribution is 5.96. The number of rotatable bonds is 4. The number of piperidine rings is 1. The smallest absolute Gasteiger partial charge is 0.318 e. The van der Waals surface area contributed by atoms with Crippen LogP contribution < -0.4 is 11.1 Å². The van der Waals surface area contributed by atoms with Crippen LogP contribution >= 0.6 is 0 Å². The Morgan fingerprint density at radius 3 is 2.08 bits per heavy atom. The third-order valence-corrected chi connectivity index (χ3v) is 4.78. The van der Waals surface area contributed by atoms with Crippen molar-refractivity contribution in [1.82, 2.24) is 10.2 Å². The second-order valence-electron chi connectivity index (χ2n) is 6.39. The highest BCUT2D eigenvalue weighted by atomic mass is 16.2. The summed E-state index contributed by atoms with van der Waals surface area (Å²) in [5.74, 6) is 0.143. The van der Waals surface area contributed by atoms with Crippen LogP contribution in [0.5, 0.6) is 0 Å². The molecule has 1 atom stereocenters. The van der Waals surface area contributed by atoms with E-state index in [-0.39, 0.29) is 5.91 Å². The lowest BCUT2D eigenvalue weighted by Crippen LogP contribution is -2.46. The van der Waals surface area contributed by atoms with Crippen LogP contribution in [-0.2, 0) is 4.79 Å². The zero-order valence-electron chi connectivity index (χ0n) is 14.1. The summed E-state index contributed by atoms with van der Waals surface area (Å²) in [5.41, 5.74) is 7.37. The van der Waals surface area contributed by atoms with Crippen molar-refractivity contribution in [2.45, 2.75) is 24.8 Å². The molecule has 1 aliphatic heterocycles. The van der Waals surface area contributed by atoms with Crippen molar-refractivity contribution >= 4 is 11.9 Å². The Bertz CT molecular complexity index is 710. The molecule has 2 aromatic carbocycles. The van der Waals surface area contributed by atoms with Gasteiger partial charge >= 0.3 is 6.03 Å². The van der Waals surface area contributed by atoms with Crippen LogP contribution in [0.4, 0.5) is 4.79 Å². The first-order valence-corrected chi connectivity index (χ1v) is 8.59. The molecule has 0 aliphatic carbocycles. The Labute approximate surface area is 147 Å². The van der Waals surface area contributed by atoms with Crippen molar-refractivity contribution in [2.75, 3.05) is 13.1 Å². The second kappa shape index (κ2) is 7.94. The van der Waals surface area contributed by atoms with Crippen LogP contribution in [0.1, 0.15) is 35.9 Å². The van der Waals surface area contributed by atoms with E-state index >= 15 is 0 Å². The number of urea groups is 1. The Balaban J connectivity index is 1.74. The predicted octanol–water partition coefficient (Wildman–Crippen LogP) is 2.80. The molecule has 3 N–H and O–H groups in total. The number of carbonyl (C=O) groups is 2. The van der Waals surface area contributed by atoms with Crippen LogP contribution in [0.2, 0.25) is 0 Å². The first-order chi connectivity index (χ1) is 12.1. The molecule has 0 aromatic heterocycles. The molecule has 1 aliphatic rings. The minimum atomic E-state index is -0.815. The quantitative estimate of drug-likeness (QED) is 0.901. The SMILES string of the molecule is NC(=O)NC(=O)[C@H](c1ccccc1)N1CCC(c2ccccc2)CC1. The lowest BCUT2D eigenvalue weighted by Gasteiger charge is -2.37. The van der Waals surface area contributed by atoms with Crippen molar-refractivity contribution in [3.05, 3.63) is 71.8 Å². The Hall–Kier alpha value is -2.66. The molecule has 1 heterocycles. The van der Waals surface area contributed by atoms with E-state index in [1.54, 1.807) is 0 Å². The summed E-state index contributed by atoms with van der Waals surface area (Å²) >= 11 is 0. The van der Waals surface area contributed by atoms with Gasteiger partial charge in [-0.3, -0.25) is 15.0 Å². The van der Waals surface area contributed by atoms with Crippen LogP contribution in [0.3, 0.4) is 0 Å². The highest BCUT2D eigenvalue weighted by Gasteiger charge is 2.31. The molecule has 0 unspecified atom stereocenters. The van der Waals surface area contributed by atoms with Crippen molar-refractivity contribution < 1.29 is 9.59 Å². The maximum Gasteiger partial charge on any atom is 0.318 e. The topological polar surface area (TPSA) is 75.4 Å². The summed E-state index contributed by atoms with van der Waals surface area (Å²) in [6.07, 6.45) is 1.97. The van der Waals surface area contributed by atoms with Gasteiger partial charge in [0.15, 0.2) is 0 Å². The van der Waals surface area contributed by atoms with E-state index in [4.69, 9.17) is 5.73 Å². The Kier molecular flexibility index (Phi) is 5.46. The van der Waals surface area contributed by atoms with E-state index in [1.807, 2.05) is 36.4 Å². The van der Waals surface area contributed by atoms with E-state index in [1.165, 1.54) is 5.56 Å². The summed E-state index contributed by atoms with van der Waals surface area (Å²) in [4.78, 5) is 25.8. The monoisotopic (exact) mass is 337 g/mol. The molecule has 5 heteroatoms. The number of hydrogen-bond donors (Lipinski definition) is 2. The molecule has 0 radical (unpaired) electrons. The largest absolute Gasteiger partial charge is 0.351 e. The molecule has 2 aromatic rings. The number of amides is 3. The number of imide groups is 1. The number of hydrogen-bond acceptors (Lipinski definition) is 3. The standard InChI is InChI=1S/C20H23N3O2/c21-20(25)22-19(24)18(17-9-5-2-6-10-17)23-13-11-16(12-14-23)15-7-3-1-4-8-15/h1-10,16,18H,11-14H2,(H3,21,22,24,25)/t18-/m0/s1. The van der Waals surface area contributed by atoms with E-state index in [0.717, 1.165) is 31.5 Å². The van der Waals surface area contributed by atoms with Crippen molar-refractivity contribution in [3.63, 3.8) is 0 Å². The molecule has 5 nitrogen and oxygen atoms in total. The van der Waals surface area contributed by atoms with Gasteiger partial charge in [-0.1, -0.05) is 60.7 Å². The summed E-state index contributed by atoms with van der Waals surface area (Å²) < 4.78 is 0. The van der Waals surface area contributed by atoms with Crippen LogP contribution in [0.15, 0.2) is 60.7 Å². The van der Waals surface area contributed by atoms with Gasteiger partial charge < -0.3 is 5.73 Å². The molecule has 0 bridgehead atoms. The molecule has 3 amide bonds. The number of benzene rings is 2. The average molecular weight is 337 g/mol. The number of likely N-dealkylation sites (tertiary alicyclic amines) is 1. The summed E-state index contributed by atoms with van der Waals surface area (Å²) in [6, 6.07) is 18.7. The van der Waals surface area contributed by atoms with E-state index in [2.05, 4.69) is 34.5 Å². The van der Waals surface area contributed by atoms with Gasteiger partial charge in [-0.2, -0.15) is 0 Å². The van der Waals surface area contributed by atoms with Gasteiger partial charge in [-0.15, -0.1) is 0 Å². The number of nitrogens with two attached hydrogens (primary N) is 1. The van der Waals surface area contributed by atoms with Gasteiger partial charge in [-0.05, 0) is 43.0 Å². The van der Waals surface area contributed by atoms with Gasteiger partial charge in [0.2, 0.25) is 5.91 Å². The number of nitrogens with one attached hydrogen (secondary N) is 1. The molecule has 0 spiro atoms. The zero-order valence-corrected chi connectivity index (χ0v) is 14.1. The number of nitrogens with zero attached hydrogens (tertiary/aromatic N) is 1. The fourth-order valence-electron chi connectivity index (χ4n) is 3.57. The average Bonchev–Trinajstić information content (AvgIpc) is 2.63. The fraction of sp³-hybridized carbons (Fsp3) is 0.300. The summed E-state index contributed by atoms with van der Waals surface area (Å²) in [6.45, 7) is 1.59. The van der Waals surface area contributed by atoms with Crippen molar-refractivity contribution in [1.29, 1.82) is 0 Å². The summed E-state index contributed by atoms with van der Waals surface area (Å²) in [7, 11) is 0. The molecule has 130 valence electrons. The van der Waals surface area contributed by atoms with Gasteiger partial charge in [0, 0.05) is 0 Å². The molecule has 1 saturated heterocycles. The van der Waals surface area contributed by atoms with Gasteiger partial charge in [0.05, 0.1) is 0 Å². The van der Waals surface area contributed by atoms with E-state index in [0.29, 0.717) is 5.92 Å². The minimum absolute atomic E-state index is 0.364. The lowest BCUT2D eigenvalue weighted by molar-refractivity contribution is -0.126. The zero-order chi connectivity index (χ0) is 17.6. The number of carbonyl (C=O) groups excluding carboxylic acids is 2. The third-order valence-electron chi connectivity index (χ3n) is 4.78. The molecular weight excluding hydrogens is 314 g/mol. The van der Waals surface area contributed by atoms with Crippen LogP contribution in [-0.4, -0.2) is 29.9 Å². The summed E-state index contributed by atoms with van der Waals surface area (Å²) in [5, 5.41) is 2.24. The van der Waals surface area contributed by atoms with Gasteiger partial charge in [0.25, 0.3) is 0 Å². The normalized spacial score (nSPS) is 17.0. The van der Waals surface area contributed by atoms with Gasteiger partial charge in [0.1, 0.15) is 6.04 Å². The lowest BCUT2D eigenvalue weighted by atomic mass is 9.88. The molecule has 0 saturated carbocycles. The predicted molar refractivity (Wildman–Crippen MR) is 96.9 cm³/mol.